The molecule has 0 radical (unpaired) electrons. The van der Waals surface area contributed by atoms with Gasteiger partial charge in [-0.2, -0.15) is 0 Å². The van der Waals surface area contributed by atoms with E-state index in [0.717, 1.165) is 6.42 Å². The molecular weight excluding hydrogens is 188 g/mol. The molecule has 1 rings (SSSR count). The van der Waals surface area contributed by atoms with Gasteiger partial charge in [-0.25, -0.2) is 0 Å². The van der Waals surface area contributed by atoms with Crippen LogP contribution in [0.5, 0.6) is 0 Å². The van der Waals surface area contributed by atoms with Crippen LogP contribution >= 0.6 is 0 Å². The van der Waals surface area contributed by atoms with Gasteiger partial charge in [0, 0.05) is 6.42 Å². The van der Waals surface area contributed by atoms with E-state index in [1.54, 1.807) is 0 Å². The normalized spacial score (nSPS) is 30.3. The van der Waals surface area contributed by atoms with Crippen LogP contribution in [0.1, 0.15) is 40.0 Å². The van der Waals surface area contributed by atoms with Crippen molar-refractivity contribution in [3.05, 3.63) is 0 Å². The average molecular weight is 210 g/mol. The zero-order valence-electron chi connectivity index (χ0n) is 9.94. The van der Waals surface area contributed by atoms with Crippen molar-refractivity contribution in [2.24, 2.45) is 11.8 Å². The summed E-state index contributed by atoms with van der Waals surface area (Å²) in [5, 5.41) is 9.96. The third kappa shape index (κ3) is 3.22. The van der Waals surface area contributed by atoms with E-state index in [4.69, 9.17) is 11.2 Å². The second kappa shape index (κ2) is 5.53. The first-order valence-electron chi connectivity index (χ1n) is 5.88. The van der Waals surface area contributed by atoms with Gasteiger partial charge in [0.05, 0.1) is 12.2 Å². The summed E-state index contributed by atoms with van der Waals surface area (Å²) in [6.07, 6.45) is 8.06. The number of aliphatic hydroxyl groups excluding tert-OH is 1. The molecule has 1 aliphatic rings. The molecular formula is C13H22O2. The fourth-order valence-electron chi connectivity index (χ4n) is 2.12. The number of epoxide rings is 1. The average Bonchev–Trinajstić information content (AvgIpc) is 2.97. The lowest BCUT2D eigenvalue weighted by molar-refractivity contribution is 0.0867. The predicted octanol–water partition coefficient (Wildman–Crippen LogP) is 2.21. The zero-order chi connectivity index (χ0) is 11.4. The first-order valence-corrected chi connectivity index (χ1v) is 5.88. The third-order valence-electron chi connectivity index (χ3n) is 3.23. The van der Waals surface area contributed by atoms with Gasteiger partial charge in [-0.15, -0.1) is 12.3 Å². The predicted molar refractivity (Wildman–Crippen MR) is 61.4 cm³/mol. The number of terminal acetylenes is 1. The fraction of sp³-hybridized carbons (Fsp3) is 0.846. The van der Waals surface area contributed by atoms with Gasteiger partial charge in [-0.05, 0) is 18.3 Å². The Morgan fingerprint density at radius 1 is 1.40 bits per heavy atom. The Kier molecular flexibility index (Phi) is 4.63. The monoisotopic (exact) mass is 210 g/mol. The van der Waals surface area contributed by atoms with Crippen LogP contribution in [0.3, 0.4) is 0 Å². The first kappa shape index (κ1) is 12.5. The van der Waals surface area contributed by atoms with E-state index in [9.17, 15) is 5.11 Å². The summed E-state index contributed by atoms with van der Waals surface area (Å²) in [5.41, 5.74) is 0. The Labute approximate surface area is 93.0 Å². The summed E-state index contributed by atoms with van der Waals surface area (Å²) in [7, 11) is 0. The molecule has 1 aliphatic heterocycles. The molecule has 0 aromatic rings. The Hall–Kier alpha value is -0.520. The summed E-state index contributed by atoms with van der Waals surface area (Å²) in [4.78, 5) is 0. The molecule has 1 N–H and O–H groups in total. The van der Waals surface area contributed by atoms with Crippen LogP contribution in [0.4, 0.5) is 0 Å². The van der Waals surface area contributed by atoms with Crippen molar-refractivity contribution >= 4 is 0 Å². The minimum atomic E-state index is -0.398. The lowest BCUT2D eigenvalue weighted by Gasteiger charge is -2.15. The van der Waals surface area contributed by atoms with Crippen LogP contribution in [0, 0.1) is 24.2 Å². The molecule has 1 saturated heterocycles. The molecule has 1 heterocycles. The van der Waals surface area contributed by atoms with E-state index in [-0.39, 0.29) is 18.1 Å². The maximum Gasteiger partial charge on any atom is 0.111 e. The lowest BCUT2D eigenvalue weighted by atomic mass is 9.92. The smallest absolute Gasteiger partial charge is 0.111 e. The van der Waals surface area contributed by atoms with Crippen molar-refractivity contribution in [1.82, 2.24) is 0 Å². The highest BCUT2D eigenvalue weighted by Gasteiger charge is 2.48. The maximum absolute atomic E-state index is 9.96. The van der Waals surface area contributed by atoms with Gasteiger partial charge in [0.2, 0.25) is 0 Å². The van der Waals surface area contributed by atoms with E-state index in [1.165, 1.54) is 6.42 Å². The minimum Gasteiger partial charge on any atom is -0.390 e. The molecule has 2 heteroatoms. The van der Waals surface area contributed by atoms with Gasteiger partial charge in [0.25, 0.3) is 0 Å². The van der Waals surface area contributed by atoms with E-state index in [2.05, 4.69) is 19.8 Å². The van der Waals surface area contributed by atoms with E-state index in [0.29, 0.717) is 12.3 Å². The molecule has 0 spiro atoms. The molecule has 0 saturated carbocycles. The second-order valence-corrected chi connectivity index (χ2v) is 4.71. The summed E-state index contributed by atoms with van der Waals surface area (Å²) >= 11 is 0. The van der Waals surface area contributed by atoms with Gasteiger partial charge in [0.15, 0.2) is 0 Å². The molecule has 86 valence electrons. The van der Waals surface area contributed by atoms with Crippen molar-refractivity contribution < 1.29 is 9.84 Å². The molecule has 0 unspecified atom stereocenters. The highest BCUT2D eigenvalue weighted by atomic mass is 16.6. The van der Waals surface area contributed by atoms with Gasteiger partial charge in [0.1, 0.15) is 6.10 Å². The van der Waals surface area contributed by atoms with Crippen LogP contribution in [0.2, 0.25) is 0 Å². The Balaban J connectivity index is 2.33. The highest BCUT2D eigenvalue weighted by molar-refractivity contribution is 4.98. The van der Waals surface area contributed by atoms with E-state index >= 15 is 0 Å². The first-order chi connectivity index (χ1) is 7.11. The summed E-state index contributed by atoms with van der Waals surface area (Å²) in [5.74, 6) is 3.27. The van der Waals surface area contributed by atoms with E-state index in [1.807, 2.05) is 6.92 Å². The van der Waals surface area contributed by atoms with Gasteiger partial charge >= 0.3 is 0 Å². The van der Waals surface area contributed by atoms with Crippen LogP contribution < -0.4 is 0 Å². The van der Waals surface area contributed by atoms with Gasteiger partial charge in [-0.1, -0.05) is 27.2 Å². The number of hydrogen-bond acceptors (Lipinski definition) is 2. The van der Waals surface area contributed by atoms with Gasteiger partial charge in [-0.3, -0.25) is 0 Å². The second-order valence-electron chi connectivity index (χ2n) is 4.71. The summed E-state index contributed by atoms with van der Waals surface area (Å²) in [6, 6.07) is 0. The molecule has 0 aromatic heterocycles. The van der Waals surface area contributed by atoms with Crippen molar-refractivity contribution in [2.45, 2.75) is 58.3 Å². The van der Waals surface area contributed by atoms with Crippen molar-refractivity contribution in [3.8, 4) is 12.3 Å². The molecule has 0 aromatic carbocycles. The topological polar surface area (TPSA) is 32.8 Å². The van der Waals surface area contributed by atoms with Crippen molar-refractivity contribution in [3.63, 3.8) is 0 Å². The maximum atomic E-state index is 9.96. The number of aliphatic hydroxyl groups is 1. The van der Waals surface area contributed by atoms with Crippen LogP contribution in [-0.4, -0.2) is 23.4 Å². The molecule has 0 bridgehead atoms. The molecule has 5 atom stereocenters. The lowest BCUT2D eigenvalue weighted by Crippen LogP contribution is -2.26. The van der Waals surface area contributed by atoms with Crippen LogP contribution in [0.25, 0.3) is 0 Å². The van der Waals surface area contributed by atoms with Gasteiger partial charge < -0.3 is 9.84 Å². The minimum absolute atomic E-state index is 0.0231. The SMILES string of the molecule is C#CC[C@@H](C)[C@H](O)[C@H]1O[C@@H]1[C@H](C)CCC. The summed E-state index contributed by atoms with van der Waals surface area (Å²) < 4.78 is 5.54. The molecule has 15 heavy (non-hydrogen) atoms. The highest BCUT2D eigenvalue weighted by Crippen LogP contribution is 2.36. The number of ether oxygens (including phenoxy) is 1. The molecule has 0 aliphatic carbocycles. The Bertz CT molecular complexity index is 231. The van der Waals surface area contributed by atoms with Crippen LogP contribution in [0.15, 0.2) is 0 Å². The molecule has 1 fully saturated rings. The quantitative estimate of drug-likeness (QED) is 0.538. The van der Waals surface area contributed by atoms with Crippen molar-refractivity contribution in [1.29, 1.82) is 0 Å². The zero-order valence-corrected chi connectivity index (χ0v) is 9.94. The standard InChI is InChI=1S/C13H22O2/c1-5-7-9(3)11(14)13-12(15-13)10(4)8-6-2/h1,9-14H,6-8H2,2-4H3/t9-,10-,11+,12-,13-/m1/s1. The Morgan fingerprint density at radius 2 is 2.07 bits per heavy atom. The summed E-state index contributed by atoms with van der Waals surface area (Å²) in [6.45, 7) is 6.34. The number of hydrogen-bond donors (Lipinski definition) is 1. The Morgan fingerprint density at radius 3 is 2.60 bits per heavy atom. The fourth-order valence-corrected chi connectivity index (χ4v) is 2.12. The third-order valence-corrected chi connectivity index (χ3v) is 3.23. The van der Waals surface area contributed by atoms with Crippen LogP contribution in [-0.2, 0) is 4.74 Å². The number of rotatable bonds is 6. The molecule has 2 nitrogen and oxygen atoms in total. The van der Waals surface area contributed by atoms with Crippen molar-refractivity contribution in [2.75, 3.05) is 0 Å². The molecule has 0 amide bonds. The largest absolute Gasteiger partial charge is 0.390 e. The van der Waals surface area contributed by atoms with E-state index < -0.39 is 6.10 Å².